The maximum Gasteiger partial charge on any atom is 0.495 e. The van der Waals surface area contributed by atoms with Crippen LogP contribution in [0.15, 0.2) is 12.1 Å². The highest BCUT2D eigenvalue weighted by molar-refractivity contribution is 6.62. The van der Waals surface area contributed by atoms with Crippen molar-refractivity contribution >= 4 is 18.4 Å². The maximum atomic E-state index is 12.5. The second kappa shape index (κ2) is 4.84. The topological polar surface area (TPSA) is 54.0 Å². The lowest BCUT2D eigenvalue weighted by Crippen LogP contribution is -2.57. The zero-order chi connectivity index (χ0) is 17.3. The molecule has 3 heterocycles. The Morgan fingerprint density at radius 2 is 1.67 bits per heavy atom. The van der Waals surface area contributed by atoms with Gasteiger partial charge in [0.15, 0.2) is 11.4 Å². The number of carbonyl (C=O) groups excluding carboxylic acids is 1. The van der Waals surface area contributed by atoms with Crippen molar-refractivity contribution in [2.75, 3.05) is 13.2 Å². The lowest BCUT2D eigenvalue weighted by atomic mass is 9.74. The van der Waals surface area contributed by atoms with Crippen LogP contribution in [0.3, 0.4) is 0 Å². The maximum absolute atomic E-state index is 12.5. The number of benzene rings is 1. The van der Waals surface area contributed by atoms with E-state index in [1.165, 1.54) is 0 Å². The summed E-state index contributed by atoms with van der Waals surface area (Å²) in [6, 6.07) is 3.80. The molecule has 0 amide bonds. The number of Topliss-reactive ketones (excluding diaryl/α,β-unsaturated/α-hetero) is 1. The van der Waals surface area contributed by atoms with Gasteiger partial charge in [0.2, 0.25) is 0 Å². The average molecular weight is 330 g/mol. The largest absolute Gasteiger partial charge is 0.495 e. The Kier molecular flexibility index (Phi) is 3.25. The molecule has 0 radical (unpaired) electrons. The molecule has 3 aliphatic rings. The zero-order valence-electron chi connectivity index (χ0n) is 14.9. The molecule has 2 fully saturated rings. The van der Waals surface area contributed by atoms with Crippen molar-refractivity contribution in [1.82, 2.24) is 0 Å². The fourth-order valence-electron chi connectivity index (χ4n) is 3.38. The third-order valence-electron chi connectivity index (χ3n) is 5.72. The standard InChI is InChI=1S/C18H23BO5/c1-11-6-12-14(20)8-18(9-21-10-18)22-15(12)7-13(11)19-23-16(2,3)17(4,5)24-19/h6-7H,8-10H2,1-5H3. The lowest BCUT2D eigenvalue weighted by molar-refractivity contribution is -0.162. The van der Waals surface area contributed by atoms with Gasteiger partial charge in [0.25, 0.3) is 0 Å². The van der Waals surface area contributed by atoms with Crippen molar-refractivity contribution < 1.29 is 23.6 Å². The molecule has 1 aromatic carbocycles. The van der Waals surface area contributed by atoms with Gasteiger partial charge in [-0.3, -0.25) is 4.79 Å². The van der Waals surface area contributed by atoms with Crippen molar-refractivity contribution in [2.24, 2.45) is 0 Å². The summed E-state index contributed by atoms with van der Waals surface area (Å²) >= 11 is 0. The molecule has 0 bridgehead atoms. The van der Waals surface area contributed by atoms with Gasteiger partial charge in [-0.05, 0) is 52.2 Å². The number of carbonyl (C=O) groups is 1. The molecule has 4 rings (SSSR count). The summed E-state index contributed by atoms with van der Waals surface area (Å²) in [6.07, 6.45) is 0.384. The minimum Gasteiger partial charge on any atom is -0.481 e. The molecular formula is C18H23BO5. The van der Waals surface area contributed by atoms with Crippen LogP contribution in [0.1, 0.15) is 50.0 Å². The van der Waals surface area contributed by atoms with Gasteiger partial charge in [-0.1, -0.05) is 5.56 Å². The smallest absolute Gasteiger partial charge is 0.481 e. The average Bonchev–Trinajstić information content (AvgIpc) is 2.65. The van der Waals surface area contributed by atoms with Gasteiger partial charge in [0.1, 0.15) is 5.75 Å². The monoisotopic (exact) mass is 330 g/mol. The third kappa shape index (κ3) is 2.24. The highest BCUT2D eigenvalue weighted by Crippen LogP contribution is 2.40. The van der Waals surface area contributed by atoms with Crippen LogP contribution in [0.25, 0.3) is 0 Å². The lowest BCUT2D eigenvalue weighted by Gasteiger charge is -2.44. The summed E-state index contributed by atoms with van der Waals surface area (Å²) in [7, 11) is -0.463. The highest BCUT2D eigenvalue weighted by atomic mass is 16.7. The fourth-order valence-corrected chi connectivity index (χ4v) is 3.38. The van der Waals surface area contributed by atoms with E-state index in [1.54, 1.807) is 0 Å². The molecule has 1 aromatic rings. The molecule has 0 unspecified atom stereocenters. The van der Waals surface area contributed by atoms with E-state index in [0.717, 1.165) is 11.0 Å². The van der Waals surface area contributed by atoms with Gasteiger partial charge in [-0.2, -0.15) is 0 Å². The predicted octanol–water partition coefficient (Wildman–Crippen LogP) is 2.03. The Hall–Kier alpha value is -1.37. The molecule has 0 atom stereocenters. The first kappa shape index (κ1) is 16.1. The van der Waals surface area contributed by atoms with E-state index in [4.69, 9.17) is 18.8 Å². The molecule has 0 aromatic heterocycles. The molecule has 128 valence electrons. The highest BCUT2D eigenvalue weighted by Gasteiger charge is 2.53. The van der Waals surface area contributed by atoms with E-state index in [1.807, 2.05) is 46.8 Å². The van der Waals surface area contributed by atoms with E-state index < -0.39 is 23.9 Å². The van der Waals surface area contributed by atoms with E-state index in [-0.39, 0.29) is 5.78 Å². The number of hydrogen-bond donors (Lipinski definition) is 0. The molecule has 24 heavy (non-hydrogen) atoms. The first-order valence-corrected chi connectivity index (χ1v) is 8.43. The van der Waals surface area contributed by atoms with Gasteiger partial charge < -0.3 is 18.8 Å². The Balaban J connectivity index is 1.72. The minimum atomic E-state index is -0.480. The van der Waals surface area contributed by atoms with Crippen molar-refractivity contribution in [3.63, 3.8) is 0 Å². The van der Waals surface area contributed by atoms with E-state index in [0.29, 0.717) is 30.9 Å². The number of rotatable bonds is 1. The van der Waals surface area contributed by atoms with Crippen molar-refractivity contribution in [2.45, 2.75) is 57.8 Å². The number of ether oxygens (including phenoxy) is 2. The summed E-state index contributed by atoms with van der Waals surface area (Å²) < 4.78 is 23.7. The number of fused-ring (bicyclic) bond motifs is 1. The molecule has 2 saturated heterocycles. The van der Waals surface area contributed by atoms with Crippen molar-refractivity contribution in [1.29, 1.82) is 0 Å². The summed E-state index contributed by atoms with van der Waals surface area (Å²) in [6.45, 7) is 11.0. The van der Waals surface area contributed by atoms with Gasteiger partial charge in [0.05, 0.1) is 36.4 Å². The van der Waals surface area contributed by atoms with Gasteiger partial charge in [-0.15, -0.1) is 0 Å². The van der Waals surface area contributed by atoms with Crippen LogP contribution in [0.5, 0.6) is 5.75 Å². The molecule has 0 N–H and O–H groups in total. The molecular weight excluding hydrogens is 307 g/mol. The second-order valence-corrected chi connectivity index (χ2v) is 8.17. The first-order chi connectivity index (χ1) is 11.1. The Labute approximate surface area is 142 Å². The summed E-state index contributed by atoms with van der Waals surface area (Å²) in [5, 5.41) is 0. The number of hydrogen-bond acceptors (Lipinski definition) is 5. The Morgan fingerprint density at radius 1 is 1.04 bits per heavy atom. The summed E-state index contributed by atoms with van der Waals surface area (Å²) in [5.74, 6) is 0.730. The van der Waals surface area contributed by atoms with E-state index in [9.17, 15) is 4.79 Å². The molecule has 0 aliphatic carbocycles. The van der Waals surface area contributed by atoms with Crippen LogP contribution in [0, 0.1) is 6.92 Å². The predicted molar refractivity (Wildman–Crippen MR) is 90.0 cm³/mol. The van der Waals surface area contributed by atoms with Crippen LogP contribution in [-0.2, 0) is 14.0 Å². The van der Waals surface area contributed by atoms with Gasteiger partial charge in [-0.25, -0.2) is 0 Å². The van der Waals surface area contributed by atoms with Crippen LogP contribution < -0.4 is 10.2 Å². The van der Waals surface area contributed by atoms with Crippen LogP contribution in [-0.4, -0.2) is 42.9 Å². The SMILES string of the molecule is Cc1cc2c(cc1B1OC(C)(C)C(C)(C)O1)OC1(COC1)CC2=O. The summed E-state index contributed by atoms with van der Waals surface area (Å²) in [5.41, 5.74) is 1.25. The molecule has 5 nitrogen and oxygen atoms in total. The minimum absolute atomic E-state index is 0.114. The fraction of sp³-hybridized carbons (Fsp3) is 0.611. The molecule has 0 saturated carbocycles. The van der Waals surface area contributed by atoms with Gasteiger partial charge >= 0.3 is 7.12 Å². The molecule has 1 spiro atoms. The normalized spacial score (nSPS) is 26.0. The summed E-state index contributed by atoms with van der Waals surface area (Å²) in [4.78, 5) is 12.5. The Morgan fingerprint density at radius 3 is 2.21 bits per heavy atom. The Bertz CT molecular complexity index is 704. The number of ketones is 1. The molecule has 6 heteroatoms. The van der Waals surface area contributed by atoms with Crippen LogP contribution >= 0.6 is 0 Å². The first-order valence-electron chi connectivity index (χ1n) is 8.43. The number of aryl methyl sites for hydroxylation is 1. The molecule has 3 aliphatic heterocycles. The van der Waals surface area contributed by atoms with Crippen molar-refractivity contribution in [3.8, 4) is 5.75 Å². The van der Waals surface area contributed by atoms with Gasteiger partial charge in [0, 0.05) is 0 Å². The zero-order valence-corrected chi connectivity index (χ0v) is 14.9. The quantitative estimate of drug-likeness (QED) is 0.738. The van der Waals surface area contributed by atoms with Crippen LogP contribution in [0.4, 0.5) is 0 Å². The van der Waals surface area contributed by atoms with Crippen molar-refractivity contribution in [3.05, 3.63) is 23.3 Å². The third-order valence-corrected chi connectivity index (χ3v) is 5.72. The van der Waals surface area contributed by atoms with E-state index >= 15 is 0 Å². The van der Waals surface area contributed by atoms with Crippen LogP contribution in [0.2, 0.25) is 0 Å². The second-order valence-electron chi connectivity index (χ2n) is 8.17. The van der Waals surface area contributed by atoms with E-state index in [2.05, 4.69) is 0 Å².